The number of carbonyl (C=O) groups is 1. The zero-order valence-electron chi connectivity index (χ0n) is 16.6. The van der Waals surface area contributed by atoms with Crippen LogP contribution in [0.5, 0.6) is 0 Å². The van der Waals surface area contributed by atoms with Gasteiger partial charge in [0.2, 0.25) is 0 Å². The van der Waals surface area contributed by atoms with Crippen LogP contribution >= 0.6 is 0 Å². The summed E-state index contributed by atoms with van der Waals surface area (Å²) < 4.78 is 12.4. The maximum Gasteiger partial charge on any atom is 0.337 e. The van der Waals surface area contributed by atoms with Gasteiger partial charge in [0.1, 0.15) is 5.69 Å². The van der Waals surface area contributed by atoms with Crippen LogP contribution in [0.3, 0.4) is 0 Å². The number of ether oxygens (including phenoxy) is 2. The Morgan fingerprint density at radius 1 is 1.17 bits per heavy atom. The van der Waals surface area contributed by atoms with E-state index >= 15 is 0 Å². The molecule has 29 heavy (non-hydrogen) atoms. The molecule has 1 atom stereocenters. The highest BCUT2D eigenvalue weighted by atomic mass is 16.5. The lowest BCUT2D eigenvalue weighted by Crippen LogP contribution is -2.23. The van der Waals surface area contributed by atoms with Gasteiger partial charge in [-0.05, 0) is 30.2 Å². The number of nitrogens with zero attached hydrogens (tertiary/aromatic N) is 4. The van der Waals surface area contributed by atoms with E-state index in [-0.39, 0.29) is 12.2 Å². The van der Waals surface area contributed by atoms with E-state index in [2.05, 4.69) is 46.4 Å². The summed E-state index contributed by atoms with van der Waals surface area (Å²) in [6.07, 6.45) is 1.74. The van der Waals surface area contributed by atoms with E-state index in [0.29, 0.717) is 18.7 Å². The van der Waals surface area contributed by atoms with Crippen molar-refractivity contribution in [3.05, 3.63) is 82.7 Å². The molecule has 7 heteroatoms. The third-order valence-corrected chi connectivity index (χ3v) is 4.98. The molecule has 0 saturated carbocycles. The van der Waals surface area contributed by atoms with Gasteiger partial charge in [0.05, 0.1) is 32.0 Å². The Morgan fingerprint density at radius 2 is 2.00 bits per heavy atom. The third kappa shape index (κ3) is 4.52. The second-order valence-electron chi connectivity index (χ2n) is 7.21. The van der Waals surface area contributed by atoms with Crippen molar-refractivity contribution in [1.29, 1.82) is 0 Å². The lowest BCUT2D eigenvalue weighted by Gasteiger charge is -2.21. The van der Waals surface area contributed by atoms with E-state index in [9.17, 15) is 4.79 Å². The molecule has 4 rings (SSSR count). The Morgan fingerprint density at radius 3 is 2.76 bits per heavy atom. The predicted octanol–water partition coefficient (Wildman–Crippen LogP) is 2.95. The number of rotatable bonds is 6. The van der Waals surface area contributed by atoms with Crippen molar-refractivity contribution in [2.45, 2.75) is 26.2 Å². The molecule has 2 aromatic carbocycles. The zero-order valence-corrected chi connectivity index (χ0v) is 16.6. The Balaban J connectivity index is 1.43. The molecule has 1 fully saturated rings. The molecule has 1 saturated heterocycles. The van der Waals surface area contributed by atoms with Crippen LogP contribution in [0.1, 0.15) is 39.0 Å². The molecule has 0 N–H and O–H groups in total. The number of aromatic nitrogens is 3. The maximum atomic E-state index is 11.5. The summed E-state index contributed by atoms with van der Waals surface area (Å²) in [6, 6.07) is 15.8. The molecule has 1 aromatic heterocycles. The average molecular weight is 392 g/mol. The molecule has 3 aromatic rings. The number of benzene rings is 2. The lowest BCUT2D eigenvalue weighted by atomic mass is 10.1. The van der Waals surface area contributed by atoms with Crippen molar-refractivity contribution in [1.82, 2.24) is 19.9 Å². The Labute approximate surface area is 169 Å². The number of carbonyl (C=O) groups excluding carboxylic acids is 1. The minimum absolute atomic E-state index is 0.189. The van der Waals surface area contributed by atoms with Gasteiger partial charge >= 0.3 is 5.97 Å². The number of methoxy groups -OCH3 is 1. The predicted molar refractivity (Wildman–Crippen MR) is 107 cm³/mol. The summed E-state index contributed by atoms with van der Waals surface area (Å²) in [6.45, 7) is 5.02. The molecule has 2 heterocycles. The summed E-state index contributed by atoms with van der Waals surface area (Å²) in [7, 11) is 1.38. The fourth-order valence-electron chi connectivity index (χ4n) is 3.54. The Hall–Kier alpha value is -3.03. The van der Waals surface area contributed by atoms with E-state index in [4.69, 9.17) is 9.47 Å². The van der Waals surface area contributed by atoms with Gasteiger partial charge in [-0.25, -0.2) is 9.48 Å². The minimum Gasteiger partial charge on any atom is -0.465 e. The van der Waals surface area contributed by atoms with Gasteiger partial charge in [-0.3, -0.25) is 4.90 Å². The summed E-state index contributed by atoms with van der Waals surface area (Å²) in [4.78, 5) is 13.8. The van der Waals surface area contributed by atoms with Crippen LogP contribution in [0.2, 0.25) is 0 Å². The zero-order chi connectivity index (χ0) is 20.2. The molecule has 0 radical (unpaired) electrons. The van der Waals surface area contributed by atoms with Crippen molar-refractivity contribution < 1.29 is 14.3 Å². The first kappa shape index (κ1) is 19.3. The fraction of sp³-hybridized carbons (Fsp3) is 0.318. The van der Waals surface area contributed by atoms with Crippen LogP contribution in [-0.4, -0.2) is 46.1 Å². The van der Waals surface area contributed by atoms with E-state index < -0.39 is 0 Å². The normalized spacial score (nSPS) is 16.8. The molecule has 0 unspecified atom stereocenters. The molecule has 150 valence electrons. The van der Waals surface area contributed by atoms with Crippen LogP contribution in [-0.2, 0) is 22.6 Å². The van der Waals surface area contributed by atoms with Crippen molar-refractivity contribution in [2.75, 3.05) is 20.3 Å². The van der Waals surface area contributed by atoms with Crippen LogP contribution in [0.4, 0.5) is 0 Å². The molecule has 0 amide bonds. The summed E-state index contributed by atoms with van der Waals surface area (Å²) >= 11 is 0. The molecular weight excluding hydrogens is 368 g/mol. The molecule has 0 spiro atoms. The maximum absolute atomic E-state index is 11.5. The topological polar surface area (TPSA) is 69.5 Å². The van der Waals surface area contributed by atoms with Gasteiger partial charge < -0.3 is 9.47 Å². The summed E-state index contributed by atoms with van der Waals surface area (Å²) in [5.41, 5.74) is 4.88. The van der Waals surface area contributed by atoms with Gasteiger partial charge in [0.15, 0.2) is 6.23 Å². The third-order valence-electron chi connectivity index (χ3n) is 4.98. The van der Waals surface area contributed by atoms with Crippen LogP contribution < -0.4 is 0 Å². The standard InChI is InChI=1S/C22H24N4O3/c1-16-4-3-5-18(12-16)13-25-10-11-29-21(25)20-15-26(24-23-20)14-17-6-8-19(9-7-17)22(27)28-2/h3-9,12,15,21H,10-11,13-14H2,1-2H3/t21-/m1/s1. The largest absolute Gasteiger partial charge is 0.465 e. The number of hydrogen-bond donors (Lipinski definition) is 0. The second-order valence-corrected chi connectivity index (χ2v) is 7.21. The highest BCUT2D eigenvalue weighted by molar-refractivity contribution is 5.89. The van der Waals surface area contributed by atoms with Crippen molar-refractivity contribution in [3.8, 4) is 0 Å². The smallest absolute Gasteiger partial charge is 0.337 e. The second kappa shape index (κ2) is 8.55. The molecular formula is C22H24N4O3. The van der Waals surface area contributed by atoms with Gasteiger partial charge in [-0.2, -0.15) is 0 Å². The van der Waals surface area contributed by atoms with Crippen LogP contribution in [0.25, 0.3) is 0 Å². The van der Waals surface area contributed by atoms with E-state index in [1.807, 2.05) is 18.3 Å². The van der Waals surface area contributed by atoms with Gasteiger partial charge in [-0.1, -0.05) is 47.2 Å². The van der Waals surface area contributed by atoms with Crippen molar-refractivity contribution in [3.63, 3.8) is 0 Å². The highest BCUT2D eigenvalue weighted by Crippen LogP contribution is 2.27. The lowest BCUT2D eigenvalue weighted by molar-refractivity contribution is 0.0252. The van der Waals surface area contributed by atoms with E-state index in [1.54, 1.807) is 16.8 Å². The number of esters is 1. The number of aryl methyl sites for hydroxylation is 1. The number of hydrogen-bond acceptors (Lipinski definition) is 6. The molecule has 0 aliphatic carbocycles. The Bertz CT molecular complexity index is 984. The first-order chi connectivity index (χ1) is 14.1. The molecule has 1 aliphatic rings. The average Bonchev–Trinajstić information content (AvgIpc) is 3.37. The van der Waals surface area contributed by atoms with E-state index in [0.717, 1.165) is 24.3 Å². The van der Waals surface area contributed by atoms with Crippen LogP contribution in [0, 0.1) is 6.92 Å². The molecule has 7 nitrogen and oxygen atoms in total. The Kier molecular flexibility index (Phi) is 5.69. The summed E-state index contributed by atoms with van der Waals surface area (Å²) in [5.74, 6) is -0.341. The molecule has 1 aliphatic heterocycles. The fourth-order valence-corrected chi connectivity index (χ4v) is 3.54. The van der Waals surface area contributed by atoms with Crippen molar-refractivity contribution in [2.24, 2.45) is 0 Å². The monoisotopic (exact) mass is 392 g/mol. The molecule has 0 bridgehead atoms. The first-order valence-electron chi connectivity index (χ1n) is 9.61. The van der Waals surface area contributed by atoms with Gasteiger partial charge in [-0.15, -0.1) is 5.10 Å². The van der Waals surface area contributed by atoms with Crippen LogP contribution in [0.15, 0.2) is 54.7 Å². The van der Waals surface area contributed by atoms with Crippen molar-refractivity contribution >= 4 is 5.97 Å². The van der Waals surface area contributed by atoms with Gasteiger partial charge in [0, 0.05) is 13.1 Å². The highest BCUT2D eigenvalue weighted by Gasteiger charge is 2.29. The summed E-state index contributed by atoms with van der Waals surface area (Å²) in [5, 5.41) is 8.59. The SMILES string of the molecule is COC(=O)c1ccc(Cn2cc([C@H]3OCCN3Cc3cccc(C)c3)nn2)cc1. The first-order valence-corrected chi connectivity index (χ1v) is 9.61. The quantitative estimate of drug-likeness (QED) is 0.601. The van der Waals surface area contributed by atoms with E-state index in [1.165, 1.54) is 18.2 Å². The van der Waals surface area contributed by atoms with Gasteiger partial charge in [0.25, 0.3) is 0 Å². The minimum atomic E-state index is -0.341.